The van der Waals surface area contributed by atoms with E-state index in [1.807, 2.05) is 73.0 Å². The van der Waals surface area contributed by atoms with Crippen molar-refractivity contribution in [1.29, 1.82) is 5.26 Å². The van der Waals surface area contributed by atoms with Crippen LogP contribution in [0, 0.1) is 11.3 Å². The summed E-state index contributed by atoms with van der Waals surface area (Å²) in [5.74, 6) is 1.33. The van der Waals surface area contributed by atoms with Crippen LogP contribution in [0.2, 0.25) is 0 Å². The second-order valence-corrected chi connectivity index (χ2v) is 9.75. The van der Waals surface area contributed by atoms with Crippen molar-refractivity contribution in [2.45, 2.75) is 61.9 Å². The highest BCUT2D eigenvalue weighted by molar-refractivity contribution is 8.00. The summed E-state index contributed by atoms with van der Waals surface area (Å²) in [4.78, 5) is 13.1. The van der Waals surface area contributed by atoms with Crippen molar-refractivity contribution in [1.82, 2.24) is 20.1 Å². The number of hydrogen-bond acceptors (Lipinski definition) is 6. The van der Waals surface area contributed by atoms with Crippen LogP contribution in [0.5, 0.6) is 5.75 Å². The van der Waals surface area contributed by atoms with E-state index < -0.39 is 10.8 Å². The molecule has 1 unspecified atom stereocenters. The molecule has 176 valence electrons. The molecule has 1 aromatic heterocycles. The number of nitrogens with zero attached hydrogens (tertiary/aromatic N) is 4. The Morgan fingerprint density at radius 1 is 1.15 bits per heavy atom. The molecule has 1 aliphatic rings. The van der Waals surface area contributed by atoms with Gasteiger partial charge in [0.15, 0.2) is 11.0 Å². The van der Waals surface area contributed by atoms with E-state index in [-0.39, 0.29) is 5.91 Å². The van der Waals surface area contributed by atoms with Crippen molar-refractivity contribution in [3.05, 3.63) is 54.6 Å². The van der Waals surface area contributed by atoms with Crippen molar-refractivity contribution in [2.75, 3.05) is 6.61 Å². The lowest BCUT2D eigenvalue weighted by Crippen LogP contribution is -2.50. The molecule has 8 heteroatoms. The number of carbonyl (C=O) groups excluding carboxylic acids is 1. The Kier molecular flexibility index (Phi) is 7.53. The highest BCUT2D eigenvalue weighted by Crippen LogP contribution is 2.32. The van der Waals surface area contributed by atoms with Gasteiger partial charge in [0.1, 0.15) is 11.3 Å². The molecule has 1 amide bonds. The minimum atomic E-state index is -0.762. The second-order valence-electron chi connectivity index (χ2n) is 8.44. The Morgan fingerprint density at radius 3 is 2.50 bits per heavy atom. The van der Waals surface area contributed by atoms with Gasteiger partial charge in [0.25, 0.3) is 0 Å². The molecule has 0 saturated heterocycles. The summed E-state index contributed by atoms with van der Waals surface area (Å²) in [6.45, 7) is 4.39. The fourth-order valence-electron chi connectivity index (χ4n) is 4.18. The average molecular weight is 476 g/mol. The number of ether oxygens (including phenoxy) is 1. The first-order chi connectivity index (χ1) is 16.5. The zero-order chi connectivity index (χ0) is 24.0. The lowest BCUT2D eigenvalue weighted by Gasteiger charge is -2.32. The minimum Gasteiger partial charge on any atom is -0.494 e. The maximum absolute atomic E-state index is 13.1. The van der Waals surface area contributed by atoms with E-state index in [4.69, 9.17) is 4.74 Å². The van der Waals surface area contributed by atoms with Crippen LogP contribution in [-0.4, -0.2) is 38.1 Å². The van der Waals surface area contributed by atoms with Gasteiger partial charge in [-0.3, -0.25) is 9.36 Å². The molecular weight excluding hydrogens is 446 g/mol. The van der Waals surface area contributed by atoms with Crippen molar-refractivity contribution < 1.29 is 9.53 Å². The van der Waals surface area contributed by atoms with Gasteiger partial charge in [0.2, 0.25) is 5.91 Å². The lowest BCUT2D eigenvalue weighted by molar-refractivity contribution is -0.121. The van der Waals surface area contributed by atoms with Gasteiger partial charge < -0.3 is 10.1 Å². The van der Waals surface area contributed by atoms with Crippen LogP contribution in [0.4, 0.5) is 0 Å². The Bertz CT molecular complexity index is 1150. The molecule has 1 aliphatic carbocycles. The first kappa shape index (κ1) is 23.8. The standard InChI is InChI=1S/C26H29N5O2S/c1-3-33-22-14-12-21(13-15-22)31-23(20-10-6-4-7-11-20)29-30-25(31)34-19(2)24(32)28-26(18-27)16-8-5-9-17-26/h4,6-7,10-15,19H,3,5,8-9,16-17H2,1-2H3,(H,28,32). The number of nitrogens with one attached hydrogen (secondary N) is 1. The molecule has 4 rings (SSSR count). The number of rotatable bonds is 8. The molecule has 0 aliphatic heterocycles. The van der Waals surface area contributed by atoms with Gasteiger partial charge in [-0.2, -0.15) is 5.26 Å². The number of amides is 1. The van der Waals surface area contributed by atoms with E-state index >= 15 is 0 Å². The Hall–Kier alpha value is -3.31. The van der Waals surface area contributed by atoms with Crippen LogP contribution in [0.3, 0.4) is 0 Å². The highest BCUT2D eigenvalue weighted by atomic mass is 32.2. The molecule has 1 saturated carbocycles. The van der Waals surface area contributed by atoms with Gasteiger partial charge in [-0.15, -0.1) is 10.2 Å². The van der Waals surface area contributed by atoms with Crippen molar-refractivity contribution in [3.8, 4) is 28.9 Å². The second kappa shape index (κ2) is 10.7. The third kappa shape index (κ3) is 5.26. The zero-order valence-electron chi connectivity index (χ0n) is 19.5. The van der Waals surface area contributed by atoms with Gasteiger partial charge in [0.05, 0.1) is 17.9 Å². The van der Waals surface area contributed by atoms with E-state index in [1.54, 1.807) is 0 Å². The molecule has 0 radical (unpaired) electrons. The maximum atomic E-state index is 13.1. The zero-order valence-corrected chi connectivity index (χ0v) is 20.3. The number of aromatic nitrogens is 3. The van der Waals surface area contributed by atoms with Crippen molar-refractivity contribution >= 4 is 17.7 Å². The van der Waals surface area contributed by atoms with Gasteiger partial charge in [0, 0.05) is 11.3 Å². The fraction of sp³-hybridized carbons (Fsp3) is 0.385. The smallest absolute Gasteiger partial charge is 0.234 e. The largest absolute Gasteiger partial charge is 0.494 e. The molecule has 1 N–H and O–H groups in total. The third-order valence-corrected chi connectivity index (χ3v) is 7.05. The number of benzene rings is 2. The van der Waals surface area contributed by atoms with Crippen LogP contribution in [0.1, 0.15) is 46.0 Å². The quantitative estimate of drug-likeness (QED) is 0.453. The number of nitriles is 1. The summed E-state index contributed by atoms with van der Waals surface area (Å²) < 4.78 is 7.55. The third-order valence-electron chi connectivity index (χ3n) is 6.01. The number of hydrogen-bond donors (Lipinski definition) is 1. The van der Waals surface area contributed by atoms with E-state index in [9.17, 15) is 10.1 Å². The van der Waals surface area contributed by atoms with E-state index in [0.29, 0.717) is 30.4 Å². The van der Waals surface area contributed by atoms with E-state index in [1.165, 1.54) is 11.8 Å². The van der Waals surface area contributed by atoms with E-state index in [2.05, 4.69) is 21.6 Å². The van der Waals surface area contributed by atoms with Gasteiger partial charge >= 0.3 is 0 Å². The van der Waals surface area contributed by atoms with Crippen LogP contribution in [0.15, 0.2) is 59.8 Å². The van der Waals surface area contributed by atoms with Crippen LogP contribution < -0.4 is 10.1 Å². The normalized spacial score (nSPS) is 15.8. The summed E-state index contributed by atoms with van der Waals surface area (Å²) in [5.41, 5.74) is 1.05. The fourth-order valence-corrected chi connectivity index (χ4v) is 5.05. The Labute approximate surface area is 204 Å². The van der Waals surface area contributed by atoms with E-state index in [0.717, 1.165) is 36.3 Å². The van der Waals surface area contributed by atoms with Gasteiger partial charge in [-0.05, 0) is 51.0 Å². The van der Waals surface area contributed by atoms with Crippen molar-refractivity contribution in [3.63, 3.8) is 0 Å². The molecule has 1 atom stereocenters. The highest BCUT2D eigenvalue weighted by Gasteiger charge is 2.35. The average Bonchev–Trinajstić information content (AvgIpc) is 3.29. The lowest BCUT2D eigenvalue weighted by atomic mass is 9.83. The molecule has 1 fully saturated rings. The molecule has 0 bridgehead atoms. The topological polar surface area (TPSA) is 92.8 Å². The predicted molar refractivity (Wildman–Crippen MR) is 133 cm³/mol. The summed E-state index contributed by atoms with van der Waals surface area (Å²) in [6, 6.07) is 20.0. The molecule has 34 heavy (non-hydrogen) atoms. The molecule has 7 nitrogen and oxygen atoms in total. The van der Waals surface area contributed by atoms with Gasteiger partial charge in [-0.1, -0.05) is 61.4 Å². The Morgan fingerprint density at radius 2 is 1.85 bits per heavy atom. The Balaban J connectivity index is 1.62. The maximum Gasteiger partial charge on any atom is 0.234 e. The van der Waals surface area contributed by atoms with Crippen LogP contribution in [-0.2, 0) is 4.79 Å². The molecule has 3 aromatic rings. The summed E-state index contributed by atoms with van der Waals surface area (Å²) >= 11 is 1.34. The number of carbonyl (C=O) groups is 1. The summed E-state index contributed by atoms with van der Waals surface area (Å²) in [7, 11) is 0. The molecule has 2 aromatic carbocycles. The minimum absolute atomic E-state index is 0.157. The summed E-state index contributed by atoms with van der Waals surface area (Å²) in [6.07, 6.45) is 4.43. The van der Waals surface area contributed by atoms with Crippen molar-refractivity contribution in [2.24, 2.45) is 0 Å². The SMILES string of the molecule is CCOc1ccc(-n2c(SC(C)C(=O)NC3(C#N)CCCCC3)nnc2-c2ccccc2)cc1. The van der Waals surface area contributed by atoms with Crippen LogP contribution >= 0.6 is 11.8 Å². The molecule has 0 spiro atoms. The monoisotopic (exact) mass is 475 g/mol. The summed E-state index contributed by atoms with van der Waals surface area (Å²) in [5, 5.41) is 21.8. The predicted octanol–water partition coefficient (Wildman–Crippen LogP) is 5.16. The first-order valence-corrected chi connectivity index (χ1v) is 12.6. The molecule has 1 heterocycles. The number of thioether (sulfide) groups is 1. The van der Waals surface area contributed by atoms with Gasteiger partial charge in [-0.25, -0.2) is 0 Å². The molecular formula is C26H29N5O2S. The van der Waals surface area contributed by atoms with Crippen LogP contribution in [0.25, 0.3) is 17.1 Å². The first-order valence-electron chi connectivity index (χ1n) is 11.7.